The summed E-state index contributed by atoms with van der Waals surface area (Å²) in [6, 6.07) is 5.65. The van der Waals surface area contributed by atoms with Gasteiger partial charge in [0.2, 0.25) is 5.91 Å². The number of carbonyl (C=O) groups excluding carboxylic acids is 2. The van der Waals surface area contributed by atoms with Crippen LogP contribution in [0.25, 0.3) is 0 Å². The van der Waals surface area contributed by atoms with E-state index in [-0.39, 0.29) is 33.5 Å². The van der Waals surface area contributed by atoms with Crippen molar-refractivity contribution in [1.82, 2.24) is 0 Å². The van der Waals surface area contributed by atoms with Crippen molar-refractivity contribution >= 4 is 11.9 Å². The zero-order valence-electron chi connectivity index (χ0n) is 6.41. The number of aromatic carboxylic acids is 1. The minimum atomic E-state index is -1.40. The van der Waals surface area contributed by atoms with Gasteiger partial charge in [-0.2, -0.15) is 0 Å². The fourth-order valence-electron chi connectivity index (χ4n) is 0.876. The van der Waals surface area contributed by atoms with Crippen LogP contribution < -0.4 is 10.8 Å². The summed E-state index contributed by atoms with van der Waals surface area (Å²) in [4.78, 5) is 21.1. The van der Waals surface area contributed by atoms with Gasteiger partial charge in [-0.05, 0) is 6.07 Å². The van der Waals surface area contributed by atoms with Crippen LogP contribution in [0, 0.1) is 0 Å². The quantitative estimate of drug-likeness (QED) is 0.711. The standard InChI is InChI=1S/C8H7NO3.Ag/c9-7(10)5-3-1-2-4-6(5)8(11)12;/h1-4H,(H2,9,10)(H,11,12);/q;+1/p-1. The van der Waals surface area contributed by atoms with E-state index in [1.165, 1.54) is 24.3 Å². The van der Waals surface area contributed by atoms with Gasteiger partial charge in [0.15, 0.2) is 0 Å². The van der Waals surface area contributed by atoms with E-state index in [4.69, 9.17) is 5.73 Å². The molecule has 72 valence electrons. The van der Waals surface area contributed by atoms with Gasteiger partial charge >= 0.3 is 22.4 Å². The molecule has 0 saturated heterocycles. The zero-order chi connectivity index (χ0) is 9.14. The van der Waals surface area contributed by atoms with Crippen LogP contribution in [0.15, 0.2) is 24.3 Å². The van der Waals surface area contributed by atoms with E-state index >= 15 is 0 Å². The number of carbonyl (C=O) groups is 2. The topological polar surface area (TPSA) is 83.2 Å². The van der Waals surface area contributed by atoms with Crippen molar-refractivity contribution in [2.24, 2.45) is 5.73 Å². The predicted octanol–water partition coefficient (Wildman–Crippen LogP) is -0.853. The average Bonchev–Trinajstić information content (AvgIpc) is 2.04. The van der Waals surface area contributed by atoms with E-state index in [0.717, 1.165) is 0 Å². The van der Waals surface area contributed by atoms with Gasteiger partial charge in [-0.15, -0.1) is 0 Å². The van der Waals surface area contributed by atoms with Crippen LogP contribution in [0.3, 0.4) is 0 Å². The molecule has 0 atom stereocenters. The molecule has 0 aliphatic rings. The summed E-state index contributed by atoms with van der Waals surface area (Å²) in [6.45, 7) is 0. The van der Waals surface area contributed by atoms with Crippen LogP contribution in [0.2, 0.25) is 0 Å². The van der Waals surface area contributed by atoms with E-state index < -0.39 is 11.9 Å². The maximum Gasteiger partial charge on any atom is 1.00 e. The molecular weight excluding hydrogens is 266 g/mol. The second-order valence-electron chi connectivity index (χ2n) is 2.20. The minimum Gasteiger partial charge on any atom is -0.545 e. The Labute approximate surface area is 90.3 Å². The third-order valence-electron chi connectivity index (χ3n) is 1.41. The molecule has 4 nitrogen and oxygen atoms in total. The summed E-state index contributed by atoms with van der Waals surface area (Å²) >= 11 is 0. The first-order chi connectivity index (χ1) is 5.63. The second-order valence-corrected chi connectivity index (χ2v) is 2.20. The van der Waals surface area contributed by atoms with Crippen LogP contribution in [0.1, 0.15) is 20.7 Å². The number of amides is 1. The molecule has 0 bridgehead atoms. The molecular formula is C8H6AgNO3. The smallest absolute Gasteiger partial charge is 0.545 e. The van der Waals surface area contributed by atoms with Crippen molar-refractivity contribution in [3.63, 3.8) is 0 Å². The number of nitrogens with two attached hydrogens (primary N) is 1. The molecule has 0 aromatic heterocycles. The van der Waals surface area contributed by atoms with E-state index in [0.29, 0.717) is 0 Å². The number of rotatable bonds is 2. The van der Waals surface area contributed by atoms with Gasteiger partial charge in [0, 0.05) is 11.1 Å². The van der Waals surface area contributed by atoms with Crippen molar-refractivity contribution < 1.29 is 37.1 Å². The van der Waals surface area contributed by atoms with Gasteiger partial charge < -0.3 is 15.6 Å². The Balaban J connectivity index is 0.00000144. The van der Waals surface area contributed by atoms with Crippen LogP contribution in [-0.4, -0.2) is 11.9 Å². The molecule has 5 heteroatoms. The van der Waals surface area contributed by atoms with Crippen LogP contribution >= 0.6 is 0 Å². The van der Waals surface area contributed by atoms with Crippen molar-refractivity contribution in [3.05, 3.63) is 35.4 Å². The second kappa shape index (κ2) is 4.81. The van der Waals surface area contributed by atoms with Crippen LogP contribution in [0.5, 0.6) is 0 Å². The molecule has 0 unspecified atom stereocenters. The number of carboxylic acid groups (broad SMARTS) is 1. The average molecular weight is 272 g/mol. The predicted molar refractivity (Wildman–Crippen MR) is 39.3 cm³/mol. The fourth-order valence-corrected chi connectivity index (χ4v) is 0.876. The van der Waals surface area contributed by atoms with Crippen LogP contribution in [-0.2, 0) is 22.4 Å². The van der Waals surface area contributed by atoms with Crippen LogP contribution in [0.4, 0.5) is 0 Å². The molecule has 0 aliphatic carbocycles. The summed E-state index contributed by atoms with van der Waals surface area (Å²) in [5.41, 5.74) is 4.72. The Kier molecular flexibility index (Phi) is 4.41. The molecule has 0 radical (unpaired) electrons. The summed E-state index contributed by atoms with van der Waals surface area (Å²) in [6.07, 6.45) is 0. The summed E-state index contributed by atoms with van der Waals surface area (Å²) in [7, 11) is 0. The molecule has 0 spiro atoms. The normalized spacial score (nSPS) is 8.62. The maximum atomic E-state index is 10.7. The molecule has 0 fully saturated rings. The first kappa shape index (κ1) is 11.9. The van der Waals surface area contributed by atoms with Gasteiger partial charge in [-0.3, -0.25) is 4.79 Å². The molecule has 0 aliphatic heterocycles. The Bertz CT molecular complexity index is 305. The van der Waals surface area contributed by atoms with Gasteiger partial charge in [0.25, 0.3) is 0 Å². The molecule has 1 aromatic carbocycles. The monoisotopic (exact) mass is 271 g/mol. The summed E-state index contributed by atoms with van der Waals surface area (Å²) in [5, 5.41) is 10.4. The molecule has 0 saturated carbocycles. The molecule has 2 N–H and O–H groups in total. The number of primary amides is 1. The zero-order valence-corrected chi connectivity index (χ0v) is 7.90. The minimum absolute atomic E-state index is 0. The van der Waals surface area contributed by atoms with Gasteiger partial charge in [-0.25, -0.2) is 0 Å². The molecule has 1 rings (SSSR count). The van der Waals surface area contributed by atoms with Crippen molar-refractivity contribution in [1.29, 1.82) is 0 Å². The molecule has 13 heavy (non-hydrogen) atoms. The Morgan fingerprint density at radius 3 is 1.92 bits per heavy atom. The van der Waals surface area contributed by atoms with Crippen molar-refractivity contribution in [2.75, 3.05) is 0 Å². The number of carboxylic acids is 1. The third kappa shape index (κ3) is 2.69. The van der Waals surface area contributed by atoms with Gasteiger partial charge in [-0.1, -0.05) is 18.2 Å². The SMILES string of the molecule is NC(=O)c1ccccc1C(=O)[O-].[Ag+]. The Morgan fingerprint density at radius 1 is 1.15 bits per heavy atom. The Morgan fingerprint density at radius 2 is 1.62 bits per heavy atom. The van der Waals surface area contributed by atoms with Gasteiger partial charge in [0.05, 0.1) is 5.97 Å². The van der Waals surface area contributed by atoms with E-state index in [1.54, 1.807) is 0 Å². The van der Waals surface area contributed by atoms with Crippen molar-refractivity contribution in [2.45, 2.75) is 0 Å². The molecule has 1 aromatic rings. The Hall–Kier alpha value is -1.10. The van der Waals surface area contributed by atoms with E-state index in [1.807, 2.05) is 0 Å². The number of hydrogen-bond donors (Lipinski definition) is 1. The van der Waals surface area contributed by atoms with Crippen molar-refractivity contribution in [3.8, 4) is 0 Å². The fraction of sp³-hybridized carbons (Fsp3) is 0. The number of benzene rings is 1. The summed E-state index contributed by atoms with van der Waals surface area (Å²) < 4.78 is 0. The van der Waals surface area contributed by atoms with E-state index in [2.05, 4.69) is 0 Å². The first-order valence-electron chi connectivity index (χ1n) is 3.23. The van der Waals surface area contributed by atoms with Gasteiger partial charge in [0.1, 0.15) is 0 Å². The largest absolute Gasteiger partial charge is 1.00 e. The first-order valence-corrected chi connectivity index (χ1v) is 3.23. The maximum absolute atomic E-state index is 10.7. The third-order valence-corrected chi connectivity index (χ3v) is 1.41. The number of hydrogen-bond acceptors (Lipinski definition) is 3. The van der Waals surface area contributed by atoms with E-state index in [9.17, 15) is 14.7 Å². The molecule has 0 heterocycles. The molecule has 1 amide bonds. The summed E-state index contributed by atoms with van der Waals surface area (Å²) in [5.74, 6) is -2.17.